The summed E-state index contributed by atoms with van der Waals surface area (Å²) in [6.45, 7) is 9.27. The maximum absolute atomic E-state index is 4.51. The molecule has 0 saturated heterocycles. The molecule has 0 aliphatic heterocycles. The highest BCUT2D eigenvalue weighted by atomic mass is 79.9. The number of pyridine rings is 1. The Kier molecular flexibility index (Phi) is 4.25. The molecular formula is C16H19BrN2. The number of benzene rings is 1. The summed E-state index contributed by atoms with van der Waals surface area (Å²) in [5, 5.41) is 3.40. The first-order chi connectivity index (χ1) is 8.97. The second-order valence-corrected chi connectivity index (χ2v) is 5.85. The fourth-order valence-corrected chi connectivity index (χ4v) is 2.53. The van der Waals surface area contributed by atoms with Crippen molar-refractivity contribution in [2.45, 2.75) is 34.2 Å². The van der Waals surface area contributed by atoms with Crippen LogP contribution in [0.15, 0.2) is 28.7 Å². The van der Waals surface area contributed by atoms with Crippen LogP contribution in [0.2, 0.25) is 0 Å². The summed E-state index contributed by atoms with van der Waals surface area (Å²) in [5.74, 6) is 0.917. The number of aryl methyl sites for hydroxylation is 4. The monoisotopic (exact) mass is 318 g/mol. The van der Waals surface area contributed by atoms with Crippen LogP contribution in [0.25, 0.3) is 0 Å². The number of rotatable bonds is 3. The number of nitrogens with one attached hydrogen (secondary N) is 1. The molecule has 0 fully saturated rings. The molecule has 3 heteroatoms. The van der Waals surface area contributed by atoms with Gasteiger partial charge in [0.05, 0.1) is 5.69 Å². The number of halogens is 1. The van der Waals surface area contributed by atoms with Gasteiger partial charge in [-0.2, -0.15) is 0 Å². The number of anilines is 1. The van der Waals surface area contributed by atoms with E-state index in [2.05, 4.69) is 59.1 Å². The van der Waals surface area contributed by atoms with E-state index >= 15 is 0 Å². The van der Waals surface area contributed by atoms with Gasteiger partial charge >= 0.3 is 0 Å². The average molecular weight is 319 g/mol. The van der Waals surface area contributed by atoms with Crippen LogP contribution in [0, 0.1) is 27.7 Å². The molecule has 1 N–H and O–H groups in total. The van der Waals surface area contributed by atoms with E-state index in [9.17, 15) is 0 Å². The normalized spacial score (nSPS) is 10.6. The second kappa shape index (κ2) is 5.74. The lowest BCUT2D eigenvalue weighted by atomic mass is 10.00. The van der Waals surface area contributed by atoms with E-state index in [1.807, 2.05) is 19.1 Å². The number of nitrogens with zero attached hydrogens (tertiary/aromatic N) is 1. The summed E-state index contributed by atoms with van der Waals surface area (Å²) in [4.78, 5) is 4.51. The summed E-state index contributed by atoms with van der Waals surface area (Å²) in [5.41, 5.74) is 6.34. The van der Waals surface area contributed by atoms with Crippen LogP contribution >= 0.6 is 15.9 Å². The van der Waals surface area contributed by atoms with Gasteiger partial charge in [0.1, 0.15) is 5.82 Å². The van der Waals surface area contributed by atoms with Crippen molar-refractivity contribution in [2.24, 2.45) is 0 Å². The molecule has 0 saturated carbocycles. The van der Waals surface area contributed by atoms with Gasteiger partial charge in [0.2, 0.25) is 0 Å². The zero-order chi connectivity index (χ0) is 14.0. The molecule has 2 aromatic rings. The predicted octanol–water partition coefficient (Wildman–Crippen LogP) is 4.69. The van der Waals surface area contributed by atoms with Crippen LogP contribution in [-0.2, 0) is 6.54 Å². The molecule has 0 spiro atoms. The Morgan fingerprint density at radius 1 is 1.05 bits per heavy atom. The van der Waals surface area contributed by atoms with Crippen molar-refractivity contribution in [3.05, 3.63) is 56.7 Å². The Balaban J connectivity index is 2.16. The van der Waals surface area contributed by atoms with Crippen LogP contribution in [0.5, 0.6) is 0 Å². The van der Waals surface area contributed by atoms with Crippen molar-refractivity contribution in [1.82, 2.24) is 4.98 Å². The van der Waals surface area contributed by atoms with Crippen molar-refractivity contribution >= 4 is 21.7 Å². The van der Waals surface area contributed by atoms with Crippen molar-refractivity contribution in [3.63, 3.8) is 0 Å². The van der Waals surface area contributed by atoms with Crippen LogP contribution in [0.3, 0.4) is 0 Å². The Morgan fingerprint density at radius 2 is 1.68 bits per heavy atom. The highest BCUT2D eigenvalue weighted by molar-refractivity contribution is 9.10. The lowest BCUT2D eigenvalue weighted by Gasteiger charge is -2.13. The van der Waals surface area contributed by atoms with Gasteiger partial charge in [0.15, 0.2) is 0 Å². The summed E-state index contributed by atoms with van der Waals surface area (Å²) in [7, 11) is 0. The Hall–Kier alpha value is -1.35. The van der Waals surface area contributed by atoms with E-state index in [1.165, 1.54) is 22.3 Å². The van der Waals surface area contributed by atoms with Crippen molar-refractivity contribution < 1.29 is 0 Å². The maximum Gasteiger partial charge on any atom is 0.126 e. The summed E-state index contributed by atoms with van der Waals surface area (Å²) >= 11 is 3.47. The predicted molar refractivity (Wildman–Crippen MR) is 84.7 cm³/mol. The van der Waals surface area contributed by atoms with Crippen LogP contribution in [-0.4, -0.2) is 4.98 Å². The minimum Gasteiger partial charge on any atom is -0.366 e. The Bertz CT molecular complexity index is 583. The van der Waals surface area contributed by atoms with Crippen LogP contribution in [0.1, 0.15) is 27.9 Å². The molecule has 1 heterocycles. The minimum absolute atomic E-state index is 0.812. The van der Waals surface area contributed by atoms with Crippen molar-refractivity contribution in [2.75, 3.05) is 5.32 Å². The van der Waals surface area contributed by atoms with Gasteiger partial charge in [-0.1, -0.05) is 17.7 Å². The third-order valence-corrected chi connectivity index (χ3v) is 4.15. The van der Waals surface area contributed by atoms with E-state index in [0.717, 1.165) is 22.5 Å². The first-order valence-corrected chi connectivity index (χ1v) is 7.20. The third kappa shape index (κ3) is 3.35. The molecular weight excluding hydrogens is 300 g/mol. The Labute approximate surface area is 123 Å². The topological polar surface area (TPSA) is 24.9 Å². The molecule has 0 radical (unpaired) electrons. The Morgan fingerprint density at radius 3 is 2.26 bits per heavy atom. The van der Waals surface area contributed by atoms with E-state index in [4.69, 9.17) is 0 Å². The van der Waals surface area contributed by atoms with Gasteiger partial charge in [0.25, 0.3) is 0 Å². The summed E-state index contributed by atoms with van der Waals surface area (Å²) in [6.07, 6.45) is 0. The molecule has 0 bridgehead atoms. The zero-order valence-corrected chi connectivity index (χ0v) is 13.4. The van der Waals surface area contributed by atoms with Gasteiger partial charge in [0, 0.05) is 11.0 Å². The molecule has 2 nitrogen and oxygen atoms in total. The van der Waals surface area contributed by atoms with Crippen molar-refractivity contribution in [1.29, 1.82) is 0 Å². The molecule has 0 atom stereocenters. The lowest BCUT2D eigenvalue weighted by molar-refractivity contribution is 1.05. The van der Waals surface area contributed by atoms with Crippen LogP contribution in [0.4, 0.5) is 5.82 Å². The van der Waals surface area contributed by atoms with E-state index in [0.29, 0.717) is 0 Å². The SMILES string of the molecule is Cc1cc(C)c(CNc2ccc(Br)c(C)n2)c(C)c1. The largest absolute Gasteiger partial charge is 0.366 e. The molecule has 19 heavy (non-hydrogen) atoms. The maximum atomic E-state index is 4.51. The summed E-state index contributed by atoms with van der Waals surface area (Å²) in [6, 6.07) is 8.48. The molecule has 0 aliphatic carbocycles. The van der Waals surface area contributed by atoms with Gasteiger partial charge in [-0.3, -0.25) is 0 Å². The third-order valence-electron chi connectivity index (χ3n) is 3.31. The molecule has 1 aromatic carbocycles. The van der Waals surface area contributed by atoms with Crippen LogP contribution < -0.4 is 5.32 Å². The van der Waals surface area contributed by atoms with Gasteiger partial charge in [-0.15, -0.1) is 0 Å². The smallest absolute Gasteiger partial charge is 0.126 e. The molecule has 0 aliphatic rings. The lowest BCUT2D eigenvalue weighted by Crippen LogP contribution is -2.05. The standard InChI is InChI=1S/C16H19BrN2/c1-10-7-11(2)14(12(3)8-10)9-18-16-6-5-15(17)13(4)19-16/h5-8H,9H2,1-4H3,(H,18,19). The number of hydrogen-bond acceptors (Lipinski definition) is 2. The first-order valence-electron chi connectivity index (χ1n) is 6.41. The van der Waals surface area contributed by atoms with Gasteiger partial charge in [-0.05, 0) is 72.4 Å². The van der Waals surface area contributed by atoms with Gasteiger partial charge in [-0.25, -0.2) is 4.98 Å². The fourth-order valence-electron chi connectivity index (χ4n) is 2.31. The van der Waals surface area contributed by atoms with Gasteiger partial charge < -0.3 is 5.32 Å². The molecule has 1 aromatic heterocycles. The molecule has 0 unspecified atom stereocenters. The molecule has 2 rings (SSSR count). The van der Waals surface area contributed by atoms with E-state index in [1.54, 1.807) is 0 Å². The molecule has 100 valence electrons. The highest BCUT2D eigenvalue weighted by Gasteiger charge is 2.05. The zero-order valence-electron chi connectivity index (χ0n) is 11.8. The van der Waals surface area contributed by atoms with E-state index in [-0.39, 0.29) is 0 Å². The first kappa shape index (κ1) is 14.1. The molecule has 0 amide bonds. The second-order valence-electron chi connectivity index (χ2n) is 4.99. The fraction of sp³-hybridized carbons (Fsp3) is 0.312. The number of hydrogen-bond donors (Lipinski definition) is 1. The average Bonchev–Trinajstić information content (AvgIpc) is 2.32. The minimum atomic E-state index is 0.812. The van der Waals surface area contributed by atoms with Crippen molar-refractivity contribution in [3.8, 4) is 0 Å². The summed E-state index contributed by atoms with van der Waals surface area (Å²) < 4.78 is 1.04. The number of aromatic nitrogens is 1. The van der Waals surface area contributed by atoms with E-state index < -0.39 is 0 Å². The quantitative estimate of drug-likeness (QED) is 0.888. The highest BCUT2D eigenvalue weighted by Crippen LogP contribution is 2.19.